The Hall–Kier alpha value is -0.310. The minimum absolute atomic E-state index is 0.0126. The SMILES string of the molecule is C=COCCC1(C)CCCCS1=O. The standard InChI is InChI=1S/C10H18O2S/c1-3-12-8-7-10(2)6-4-5-9-13(10)11/h3H,1,4-9H2,2H3. The molecule has 2 nitrogen and oxygen atoms in total. The van der Waals surface area contributed by atoms with E-state index in [9.17, 15) is 4.21 Å². The van der Waals surface area contributed by atoms with E-state index in [2.05, 4.69) is 13.5 Å². The van der Waals surface area contributed by atoms with E-state index < -0.39 is 10.8 Å². The van der Waals surface area contributed by atoms with Crippen molar-refractivity contribution in [2.45, 2.75) is 37.4 Å². The maximum Gasteiger partial charge on any atom is 0.0887 e. The molecule has 2 unspecified atom stereocenters. The van der Waals surface area contributed by atoms with Crippen molar-refractivity contribution in [1.29, 1.82) is 0 Å². The summed E-state index contributed by atoms with van der Waals surface area (Å²) < 4.78 is 16.8. The van der Waals surface area contributed by atoms with Crippen molar-refractivity contribution in [3.63, 3.8) is 0 Å². The number of hydrogen-bond donors (Lipinski definition) is 0. The molecule has 0 bridgehead atoms. The van der Waals surface area contributed by atoms with Gasteiger partial charge in [0.05, 0.1) is 12.9 Å². The van der Waals surface area contributed by atoms with E-state index in [1.807, 2.05) is 0 Å². The summed E-state index contributed by atoms with van der Waals surface area (Å²) in [5, 5.41) is 0. The smallest absolute Gasteiger partial charge is 0.0887 e. The molecule has 2 atom stereocenters. The molecule has 0 saturated carbocycles. The van der Waals surface area contributed by atoms with Crippen LogP contribution in [0.5, 0.6) is 0 Å². The zero-order valence-corrected chi connectivity index (χ0v) is 9.07. The molecule has 0 aromatic heterocycles. The van der Waals surface area contributed by atoms with Gasteiger partial charge >= 0.3 is 0 Å². The molecule has 1 rings (SSSR count). The summed E-state index contributed by atoms with van der Waals surface area (Å²) in [6.45, 7) is 6.24. The summed E-state index contributed by atoms with van der Waals surface area (Å²) in [5.41, 5.74) is 0. The largest absolute Gasteiger partial charge is 0.502 e. The molecule has 0 radical (unpaired) electrons. The monoisotopic (exact) mass is 202 g/mol. The highest BCUT2D eigenvalue weighted by Gasteiger charge is 2.33. The van der Waals surface area contributed by atoms with Gasteiger partial charge in [-0.3, -0.25) is 4.21 Å². The van der Waals surface area contributed by atoms with E-state index in [-0.39, 0.29) is 4.75 Å². The molecule has 3 heteroatoms. The van der Waals surface area contributed by atoms with E-state index >= 15 is 0 Å². The van der Waals surface area contributed by atoms with Gasteiger partial charge in [0.1, 0.15) is 0 Å². The van der Waals surface area contributed by atoms with Crippen molar-refractivity contribution >= 4 is 10.8 Å². The van der Waals surface area contributed by atoms with Crippen LogP contribution in [-0.4, -0.2) is 21.3 Å². The third-order valence-corrected chi connectivity index (χ3v) is 4.87. The van der Waals surface area contributed by atoms with Crippen molar-refractivity contribution < 1.29 is 8.95 Å². The first-order valence-corrected chi connectivity index (χ1v) is 6.12. The number of ether oxygens (including phenoxy) is 1. The Labute approximate surface area is 82.8 Å². The van der Waals surface area contributed by atoms with Crippen LogP contribution in [0.3, 0.4) is 0 Å². The van der Waals surface area contributed by atoms with Gasteiger partial charge in [0.2, 0.25) is 0 Å². The maximum atomic E-state index is 11.7. The lowest BCUT2D eigenvalue weighted by molar-refractivity contribution is 0.228. The molecule has 0 N–H and O–H groups in total. The predicted molar refractivity (Wildman–Crippen MR) is 56.0 cm³/mol. The Kier molecular flexibility index (Phi) is 3.97. The van der Waals surface area contributed by atoms with Crippen LogP contribution in [0.25, 0.3) is 0 Å². The van der Waals surface area contributed by atoms with E-state index in [0.717, 1.165) is 25.0 Å². The third-order valence-electron chi connectivity index (χ3n) is 2.70. The molecular weight excluding hydrogens is 184 g/mol. The quantitative estimate of drug-likeness (QED) is 0.516. The van der Waals surface area contributed by atoms with Crippen molar-refractivity contribution in [2.75, 3.05) is 12.4 Å². The highest BCUT2D eigenvalue weighted by Crippen LogP contribution is 2.30. The molecule has 0 amide bonds. The van der Waals surface area contributed by atoms with Crippen LogP contribution in [0.4, 0.5) is 0 Å². The zero-order chi connectivity index (χ0) is 9.73. The van der Waals surface area contributed by atoms with Gasteiger partial charge in [-0.1, -0.05) is 13.0 Å². The van der Waals surface area contributed by atoms with E-state index in [1.54, 1.807) is 0 Å². The van der Waals surface area contributed by atoms with Crippen LogP contribution in [0.2, 0.25) is 0 Å². The van der Waals surface area contributed by atoms with E-state index in [0.29, 0.717) is 6.61 Å². The Morgan fingerprint density at radius 2 is 2.38 bits per heavy atom. The second-order valence-corrected chi connectivity index (χ2v) is 5.83. The minimum Gasteiger partial charge on any atom is -0.502 e. The summed E-state index contributed by atoms with van der Waals surface area (Å²) in [4.78, 5) is 0. The van der Waals surface area contributed by atoms with Gasteiger partial charge < -0.3 is 4.74 Å². The third kappa shape index (κ3) is 2.83. The average molecular weight is 202 g/mol. The summed E-state index contributed by atoms with van der Waals surface area (Å²) in [6.07, 6.45) is 5.72. The summed E-state index contributed by atoms with van der Waals surface area (Å²) >= 11 is 0. The fraction of sp³-hybridized carbons (Fsp3) is 0.800. The van der Waals surface area contributed by atoms with Gasteiger partial charge in [0, 0.05) is 21.3 Å². The van der Waals surface area contributed by atoms with Crippen LogP contribution < -0.4 is 0 Å². The van der Waals surface area contributed by atoms with Crippen molar-refractivity contribution in [3.8, 4) is 0 Å². The van der Waals surface area contributed by atoms with Crippen LogP contribution in [0, 0.1) is 0 Å². The summed E-state index contributed by atoms with van der Waals surface area (Å²) in [6, 6.07) is 0. The van der Waals surface area contributed by atoms with Crippen LogP contribution in [0.15, 0.2) is 12.8 Å². The van der Waals surface area contributed by atoms with Gasteiger partial charge in [-0.05, 0) is 26.2 Å². The lowest BCUT2D eigenvalue weighted by Gasteiger charge is -2.32. The first-order chi connectivity index (χ1) is 6.19. The fourth-order valence-electron chi connectivity index (χ4n) is 1.69. The van der Waals surface area contributed by atoms with Gasteiger partial charge in [-0.25, -0.2) is 0 Å². The zero-order valence-electron chi connectivity index (χ0n) is 8.25. The Bertz CT molecular complexity index is 203. The van der Waals surface area contributed by atoms with Crippen molar-refractivity contribution in [1.82, 2.24) is 0 Å². The second-order valence-electron chi connectivity index (χ2n) is 3.74. The highest BCUT2D eigenvalue weighted by atomic mass is 32.2. The van der Waals surface area contributed by atoms with Crippen molar-refractivity contribution in [3.05, 3.63) is 12.8 Å². The predicted octanol–water partition coefficient (Wildman–Crippen LogP) is 2.23. The second kappa shape index (κ2) is 4.80. The highest BCUT2D eigenvalue weighted by molar-refractivity contribution is 7.86. The van der Waals surface area contributed by atoms with E-state index in [1.165, 1.54) is 12.7 Å². The first kappa shape index (κ1) is 10.8. The summed E-state index contributed by atoms with van der Waals surface area (Å²) in [7, 11) is -0.661. The number of hydrogen-bond acceptors (Lipinski definition) is 2. The molecule has 0 aromatic rings. The van der Waals surface area contributed by atoms with Gasteiger partial charge in [0.25, 0.3) is 0 Å². The summed E-state index contributed by atoms with van der Waals surface area (Å²) in [5.74, 6) is 0.866. The van der Waals surface area contributed by atoms with Gasteiger partial charge in [0.15, 0.2) is 0 Å². The molecule has 1 fully saturated rings. The minimum atomic E-state index is -0.661. The number of rotatable bonds is 4. The molecular formula is C10H18O2S. The molecule has 0 spiro atoms. The Morgan fingerprint density at radius 3 is 3.00 bits per heavy atom. The first-order valence-electron chi connectivity index (χ1n) is 4.80. The Morgan fingerprint density at radius 1 is 1.62 bits per heavy atom. The lowest BCUT2D eigenvalue weighted by Crippen LogP contribution is -2.36. The molecule has 1 saturated heterocycles. The van der Waals surface area contributed by atoms with Gasteiger partial charge in [-0.2, -0.15) is 0 Å². The molecule has 0 aromatic carbocycles. The van der Waals surface area contributed by atoms with Gasteiger partial charge in [-0.15, -0.1) is 0 Å². The molecule has 0 aliphatic carbocycles. The molecule has 1 aliphatic rings. The average Bonchev–Trinajstić information content (AvgIpc) is 2.11. The fourth-order valence-corrected chi connectivity index (χ4v) is 3.33. The maximum absolute atomic E-state index is 11.7. The van der Waals surface area contributed by atoms with Crippen LogP contribution in [-0.2, 0) is 15.5 Å². The normalized spacial score (nSPS) is 34.1. The topological polar surface area (TPSA) is 26.3 Å². The lowest BCUT2D eigenvalue weighted by atomic mass is 9.99. The Balaban J connectivity index is 2.42. The van der Waals surface area contributed by atoms with Crippen LogP contribution in [0.1, 0.15) is 32.6 Å². The molecule has 1 aliphatic heterocycles. The molecule has 13 heavy (non-hydrogen) atoms. The van der Waals surface area contributed by atoms with E-state index in [4.69, 9.17) is 4.74 Å². The molecule has 1 heterocycles. The molecule has 76 valence electrons. The van der Waals surface area contributed by atoms with Crippen molar-refractivity contribution in [2.24, 2.45) is 0 Å². The van der Waals surface area contributed by atoms with Crippen LogP contribution >= 0.6 is 0 Å².